The van der Waals surface area contributed by atoms with Crippen LogP contribution in [-0.2, 0) is 16.2 Å². The van der Waals surface area contributed by atoms with Crippen LogP contribution in [-0.4, -0.2) is 40.5 Å². The normalized spacial score (nSPS) is 11.8. The minimum Gasteiger partial charge on any atom is -0.426 e. The number of alkyl halides is 3. The lowest BCUT2D eigenvalue weighted by Gasteiger charge is -2.14. The first-order valence-corrected chi connectivity index (χ1v) is 15.3. The third kappa shape index (κ3) is 9.36. The van der Waals surface area contributed by atoms with Gasteiger partial charge in [0.05, 0.1) is 16.3 Å². The van der Waals surface area contributed by atoms with Gasteiger partial charge in [-0.1, -0.05) is 29.7 Å². The zero-order valence-electron chi connectivity index (χ0n) is 24.5. The van der Waals surface area contributed by atoms with Crippen molar-refractivity contribution in [2.24, 2.45) is 10.9 Å². The molecule has 2 heterocycles. The smallest absolute Gasteiger partial charge is 0.426 e. The van der Waals surface area contributed by atoms with Gasteiger partial charge in [-0.3, -0.25) is 5.21 Å². The van der Waals surface area contributed by atoms with E-state index in [9.17, 15) is 36.0 Å². The van der Waals surface area contributed by atoms with Crippen LogP contribution in [0.5, 0.6) is 11.7 Å². The van der Waals surface area contributed by atoms with Gasteiger partial charge in [-0.2, -0.15) is 23.3 Å². The number of primary amides is 1. The Morgan fingerprint density at radius 3 is 2.23 bits per heavy atom. The van der Waals surface area contributed by atoms with Crippen molar-refractivity contribution in [3.05, 3.63) is 113 Å². The first-order valence-electron chi connectivity index (χ1n) is 13.4. The lowest BCUT2D eigenvalue weighted by molar-refractivity contribution is -0.141. The van der Waals surface area contributed by atoms with Gasteiger partial charge in [0, 0.05) is 16.7 Å². The summed E-state index contributed by atoms with van der Waals surface area (Å²) in [5, 5.41) is 18.7. The molecule has 0 fully saturated rings. The van der Waals surface area contributed by atoms with E-state index in [1.165, 1.54) is 55.5 Å². The molecular formula is C31H24ClF4N5O6S. The van der Waals surface area contributed by atoms with Gasteiger partial charge in [-0.15, -0.1) is 0 Å². The number of hydrogen-bond acceptors (Lipinski definition) is 7. The number of rotatable bonds is 6. The molecule has 0 aliphatic heterocycles. The SMILES string of the molecule is CC(C#Cc1ccc(Oc2ccc(F)cc2)o1)N(O)C(N)=O.NS(=O)(=O)c1ccc(-n2nc(C(F)(F)F)cc2-c2ccc(Cl)cc2)cc1. The molecule has 0 spiro atoms. The number of hydrogen-bond donors (Lipinski definition) is 3. The fourth-order valence-electron chi connectivity index (χ4n) is 3.81. The number of amides is 2. The highest BCUT2D eigenvalue weighted by Gasteiger charge is 2.35. The van der Waals surface area contributed by atoms with Gasteiger partial charge < -0.3 is 14.9 Å². The van der Waals surface area contributed by atoms with Crippen molar-refractivity contribution < 1.29 is 45.1 Å². The average molecular weight is 706 g/mol. The number of carbonyl (C=O) groups is 1. The molecule has 0 aliphatic rings. The van der Waals surface area contributed by atoms with E-state index in [4.69, 9.17) is 31.6 Å². The molecule has 0 aliphatic carbocycles. The number of sulfonamides is 1. The number of carbonyl (C=O) groups excluding carboxylic acids is 1. The quantitative estimate of drug-likeness (QED) is 0.0776. The molecule has 2 amide bonds. The second-order valence-corrected chi connectivity index (χ2v) is 11.7. The summed E-state index contributed by atoms with van der Waals surface area (Å²) in [6, 6.07) is 19.0. The summed E-state index contributed by atoms with van der Waals surface area (Å²) in [5.74, 6) is 5.73. The van der Waals surface area contributed by atoms with Crippen LogP contribution in [0.25, 0.3) is 16.9 Å². The fraction of sp³-hybridized carbons (Fsp3) is 0.0968. The van der Waals surface area contributed by atoms with E-state index in [0.29, 0.717) is 21.4 Å². The van der Waals surface area contributed by atoms with Gasteiger partial charge in [0.25, 0.3) is 5.95 Å². The highest BCUT2D eigenvalue weighted by molar-refractivity contribution is 7.89. The van der Waals surface area contributed by atoms with Crippen LogP contribution in [0.1, 0.15) is 18.4 Å². The van der Waals surface area contributed by atoms with Crippen molar-refractivity contribution >= 4 is 27.7 Å². The van der Waals surface area contributed by atoms with Crippen LogP contribution < -0.4 is 15.6 Å². The molecule has 48 heavy (non-hydrogen) atoms. The predicted octanol–water partition coefficient (Wildman–Crippen LogP) is 6.58. The standard InChI is InChI=1S/C16H11ClF3N3O2S.C15H13FN2O4/c17-11-3-1-10(2-4-11)14-9-15(16(18,19)20)22-23(14)12-5-7-13(8-6-12)26(21,24)25;1-10(18(20)15(17)19)2-5-12-8-9-14(21-12)22-13-6-3-11(16)4-7-13/h1-9H,(H2,21,24,25);3-4,6-10,20H,1H3,(H2,17,19). The third-order valence-corrected chi connectivity index (χ3v) is 7.34. The number of hydroxylamine groups is 2. The molecule has 5 aromatic rings. The Labute approximate surface area is 275 Å². The van der Waals surface area contributed by atoms with Crippen LogP contribution in [0, 0.1) is 17.7 Å². The summed E-state index contributed by atoms with van der Waals surface area (Å²) in [6.45, 7) is 1.50. The Morgan fingerprint density at radius 2 is 1.67 bits per heavy atom. The fourth-order valence-corrected chi connectivity index (χ4v) is 4.45. The van der Waals surface area contributed by atoms with E-state index in [0.717, 1.165) is 10.7 Å². The lowest BCUT2D eigenvalue weighted by Crippen LogP contribution is -2.38. The van der Waals surface area contributed by atoms with Crippen LogP contribution in [0.3, 0.4) is 0 Å². The molecule has 0 bridgehead atoms. The summed E-state index contributed by atoms with van der Waals surface area (Å²) >= 11 is 5.82. The van der Waals surface area contributed by atoms with Crippen molar-refractivity contribution in [2.75, 3.05) is 0 Å². The number of furan rings is 1. The van der Waals surface area contributed by atoms with Crippen LogP contribution >= 0.6 is 11.6 Å². The summed E-state index contributed by atoms with van der Waals surface area (Å²) < 4.78 is 86.5. The van der Waals surface area contributed by atoms with Crippen molar-refractivity contribution in [3.63, 3.8) is 0 Å². The monoisotopic (exact) mass is 705 g/mol. The molecule has 5 rings (SSSR count). The highest BCUT2D eigenvalue weighted by atomic mass is 35.5. The molecule has 5 N–H and O–H groups in total. The second-order valence-electron chi connectivity index (χ2n) is 9.67. The number of aromatic nitrogens is 2. The Bertz CT molecular complexity index is 2060. The maximum Gasteiger partial charge on any atom is 0.435 e. The lowest BCUT2D eigenvalue weighted by atomic mass is 10.1. The van der Waals surface area contributed by atoms with Crippen molar-refractivity contribution in [3.8, 4) is 40.5 Å². The van der Waals surface area contributed by atoms with Gasteiger partial charge in [0.15, 0.2) is 11.5 Å². The van der Waals surface area contributed by atoms with E-state index < -0.39 is 34.0 Å². The summed E-state index contributed by atoms with van der Waals surface area (Å²) in [4.78, 5) is 10.6. The van der Waals surface area contributed by atoms with E-state index >= 15 is 0 Å². The molecule has 0 saturated carbocycles. The largest absolute Gasteiger partial charge is 0.435 e. The number of benzene rings is 3. The first kappa shape index (κ1) is 35.5. The molecular weight excluding hydrogens is 682 g/mol. The molecule has 2 aromatic heterocycles. The molecule has 17 heteroatoms. The van der Waals surface area contributed by atoms with E-state index in [1.807, 2.05) is 0 Å². The topological polar surface area (TPSA) is 167 Å². The highest BCUT2D eigenvalue weighted by Crippen LogP contribution is 2.33. The van der Waals surface area contributed by atoms with Crippen molar-refractivity contribution in [2.45, 2.75) is 24.0 Å². The zero-order chi connectivity index (χ0) is 35.2. The van der Waals surface area contributed by atoms with Crippen LogP contribution in [0.15, 0.2) is 100 Å². The average Bonchev–Trinajstić information content (AvgIpc) is 3.69. The van der Waals surface area contributed by atoms with Gasteiger partial charge >= 0.3 is 12.2 Å². The van der Waals surface area contributed by atoms with Crippen molar-refractivity contribution in [1.29, 1.82) is 0 Å². The van der Waals surface area contributed by atoms with Crippen LogP contribution in [0.2, 0.25) is 5.02 Å². The number of urea groups is 1. The minimum atomic E-state index is -4.63. The Kier molecular flexibility index (Phi) is 10.8. The summed E-state index contributed by atoms with van der Waals surface area (Å²) in [7, 11) is -3.91. The Balaban J connectivity index is 0.000000220. The predicted molar refractivity (Wildman–Crippen MR) is 165 cm³/mol. The second kappa shape index (κ2) is 14.6. The minimum absolute atomic E-state index is 0.155. The summed E-state index contributed by atoms with van der Waals surface area (Å²) in [5.41, 5.74) is 4.73. The van der Waals surface area contributed by atoms with Crippen LogP contribution in [0.4, 0.5) is 22.4 Å². The van der Waals surface area contributed by atoms with E-state index in [1.54, 1.807) is 36.4 Å². The molecule has 3 aromatic carbocycles. The maximum atomic E-state index is 13.1. The number of nitrogens with zero attached hydrogens (tertiary/aromatic N) is 3. The van der Waals surface area contributed by atoms with E-state index in [-0.39, 0.29) is 33.8 Å². The number of ether oxygens (including phenoxy) is 1. The van der Waals surface area contributed by atoms with E-state index in [2.05, 4.69) is 16.9 Å². The molecule has 0 saturated heterocycles. The van der Waals surface area contributed by atoms with Gasteiger partial charge in [-0.05, 0) is 85.6 Å². The Hall–Kier alpha value is -5.34. The third-order valence-electron chi connectivity index (χ3n) is 6.16. The summed E-state index contributed by atoms with van der Waals surface area (Å²) in [6.07, 6.45) is -4.63. The maximum absolute atomic E-state index is 13.1. The van der Waals surface area contributed by atoms with Gasteiger partial charge in [-0.25, -0.2) is 27.4 Å². The molecule has 0 radical (unpaired) electrons. The van der Waals surface area contributed by atoms with Crippen molar-refractivity contribution in [1.82, 2.24) is 14.8 Å². The molecule has 1 unspecified atom stereocenters. The Morgan fingerprint density at radius 1 is 1.04 bits per heavy atom. The number of primary sulfonamides is 1. The molecule has 250 valence electrons. The number of halogens is 5. The molecule has 11 nitrogen and oxygen atoms in total. The molecule has 1 atom stereocenters. The first-order chi connectivity index (χ1) is 22.5. The number of nitrogens with two attached hydrogens (primary N) is 2. The zero-order valence-corrected chi connectivity index (χ0v) is 26.1. The van der Waals surface area contributed by atoms with Gasteiger partial charge in [0.2, 0.25) is 10.0 Å². The van der Waals surface area contributed by atoms with Gasteiger partial charge in [0.1, 0.15) is 17.6 Å².